The molecule has 0 aliphatic carbocycles. The van der Waals surface area contributed by atoms with Crippen molar-refractivity contribution in [2.75, 3.05) is 5.32 Å². The number of aromatic nitrogens is 3. The first kappa shape index (κ1) is 21.9. The van der Waals surface area contributed by atoms with E-state index in [9.17, 15) is 22.4 Å². The van der Waals surface area contributed by atoms with Crippen molar-refractivity contribution in [1.29, 1.82) is 0 Å². The van der Waals surface area contributed by atoms with Crippen LogP contribution in [0.3, 0.4) is 0 Å². The van der Waals surface area contributed by atoms with Gasteiger partial charge < -0.3 is 5.32 Å². The Kier molecular flexibility index (Phi) is 6.25. The number of rotatable bonds is 3. The maximum absolute atomic E-state index is 13.4. The molecule has 0 aliphatic heterocycles. The van der Waals surface area contributed by atoms with Crippen LogP contribution < -0.4 is 5.32 Å². The average Bonchev–Trinajstić information content (AvgIpc) is 3.01. The van der Waals surface area contributed by atoms with Crippen LogP contribution in [-0.2, 0) is 6.18 Å². The van der Waals surface area contributed by atoms with Crippen LogP contribution >= 0.6 is 35.4 Å². The van der Waals surface area contributed by atoms with E-state index in [0.29, 0.717) is 10.2 Å². The fourth-order valence-electron chi connectivity index (χ4n) is 2.20. The third-order valence-electron chi connectivity index (χ3n) is 3.57. The fourth-order valence-corrected chi connectivity index (χ4v) is 2.75. The molecule has 0 atom stereocenters. The van der Waals surface area contributed by atoms with Crippen molar-refractivity contribution in [2.45, 2.75) is 6.18 Å². The zero-order valence-electron chi connectivity index (χ0n) is 14.5. The predicted octanol–water partition coefficient (Wildman–Crippen LogP) is 5.84. The first-order valence-corrected chi connectivity index (χ1v) is 9.08. The summed E-state index contributed by atoms with van der Waals surface area (Å²) in [5.41, 5.74) is 0.466. The molecule has 156 valence electrons. The van der Waals surface area contributed by atoms with Gasteiger partial charge in [-0.05, 0) is 48.1 Å². The van der Waals surface area contributed by atoms with Crippen LogP contribution in [-0.4, -0.2) is 26.7 Å². The van der Waals surface area contributed by atoms with Gasteiger partial charge in [-0.25, -0.2) is 9.18 Å². The number of anilines is 1. The van der Waals surface area contributed by atoms with Crippen molar-refractivity contribution >= 4 is 53.4 Å². The largest absolute Gasteiger partial charge is 0.453 e. The lowest BCUT2D eigenvalue weighted by Gasteiger charge is -2.05. The van der Waals surface area contributed by atoms with E-state index in [2.05, 4.69) is 15.5 Å². The maximum Gasteiger partial charge on any atom is 0.453 e. The number of hydrogen-bond acceptors (Lipinski definition) is 4. The topological polar surface area (TPSA) is 64.2 Å². The Bertz CT molecular complexity index is 1190. The third-order valence-corrected chi connectivity index (χ3v) is 4.65. The molecule has 0 bridgehead atoms. The second-order valence-electron chi connectivity index (χ2n) is 5.68. The van der Waals surface area contributed by atoms with Crippen LogP contribution in [0.1, 0.15) is 11.4 Å². The second-order valence-corrected chi connectivity index (χ2v) is 6.86. The van der Waals surface area contributed by atoms with Gasteiger partial charge in [0, 0.05) is 5.69 Å². The monoisotopic (exact) mass is 477 g/mol. The number of benzene rings is 2. The lowest BCUT2D eigenvalue weighted by atomic mass is 10.2. The van der Waals surface area contributed by atoms with Gasteiger partial charge in [-0.3, -0.25) is 0 Å². The minimum Gasteiger partial charge on any atom is -0.306 e. The van der Waals surface area contributed by atoms with E-state index in [4.69, 9.17) is 35.4 Å². The zero-order valence-corrected chi connectivity index (χ0v) is 16.8. The van der Waals surface area contributed by atoms with Crippen molar-refractivity contribution < 1.29 is 22.4 Å². The molecule has 3 aromatic rings. The molecule has 1 aromatic heterocycles. The van der Waals surface area contributed by atoms with E-state index in [-0.39, 0.29) is 20.4 Å². The summed E-state index contributed by atoms with van der Waals surface area (Å²) in [6.45, 7) is 0. The number of alkyl halides is 3. The van der Waals surface area contributed by atoms with Crippen molar-refractivity contribution in [3.05, 3.63) is 74.5 Å². The van der Waals surface area contributed by atoms with E-state index < -0.39 is 28.6 Å². The lowest BCUT2D eigenvalue weighted by Crippen LogP contribution is -2.21. The van der Waals surface area contributed by atoms with Crippen LogP contribution in [0.4, 0.5) is 28.0 Å². The molecule has 0 spiro atoms. The van der Waals surface area contributed by atoms with E-state index in [0.717, 1.165) is 18.3 Å². The number of hydrogen-bond donors (Lipinski definition) is 1. The van der Waals surface area contributed by atoms with Gasteiger partial charge in [0.05, 0.1) is 16.3 Å². The summed E-state index contributed by atoms with van der Waals surface area (Å²) >= 11 is 16.6. The smallest absolute Gasteiger partial charge is 0.306 e. The Morgan fingerprint density at radius 1 is 1.13 bits per heavy atom. The van der Waals surface area contributed by atoms with E-state index in [1.165, 1.54) is 30.3 Å². The Labute approximate surface area is 181 Å². The molecule has 1 heterocycles. The molecular formula is C17H9Cl2F4N5OS. The number of carbonyl (C=O) groups excluding carboxylic acids is 1. The summed E-state index contributed by atoms with van der Waals surface area (Å²) in [5.74, 6) is -2.04. The highest BCUT2D eigenvalue weighted by Crippen LogP contribution is 2.29. The predicted molar refractivity (Wildman–Crippen MR) is 106 cm³/mol. The molecule has 30 heavy (non-hydrogen) atoms. The number of nitrogens with one attached hydrogen (secondary N) is 1. The van der Waals surface area contributed by atoms with Crippen molar-refractivity contribution in [3.8, 4) is 0 Å². The number of nitrogens with zero attached hydrogens (tertiary/aromatic N) is 4. The van der Waals surface area contributed by atoms with Gasteiger partial charge in [0.15, 0.2) is 0 Å². The molecule has 0 saturated heterocycles. The second kappa shape index (κ2) is 8.54. The van der Waals surface area contributed by atoms with Gasteiger partial charge in [-0.2, -0.15) is 27.6 Å². The molecule has 0 saturated carbocycles. The molecule has 0 aliphatic rings. The zero-order chi connectivity index (χ0) is 22.1. The Morgan fingerprint density at radius 2 is 1.80 bits per heavy atom. The maximum atomic E-state index is 13.4. The van der Waals surface area contributed by atoms with Crippen molar-refractivity contribution in [1.82, 2.24) is 14.5 Å². The molecule has 6 nitrogen and oxygen atoms in total. The van der Waals surface area contributed by atoms with Crippen LogP contribution in [0, 0.1) is 10.6 Å². The highest BCUT2D eigenvalue weighted by molar-refractivity contribution is 7.71. The van der Waals surface area contributed by atoms with E-state index in [1.807, 2.05) is 0 Å². The van der Waals surface area contributed by atoms with Crippen LogP contribution in [0.5, 0.6) is 0 Å². The normalized spacial score (nSPS) is 11.8. The molecule has 3 rings (SSSR count). The third kappa shape index (κ3) is 4.86. The number of carbonyl (C=O) groups is 1. The summed E-state index contributed by atoms with van der Waals surface area (Å²) in [6.07, 6.45) is -3.93. The van der Waals surface area contributed by atoms with E-state index in [1.54, 1.807) is 0 Å². The van der Waals surface area contributed by atoms with Gasteiger partial charge >= 0.3 is 12.2 Å². The number of amides is 1. The minimum absolute atomic E-state index is 0.128. The Hall–Kier alpha value is -2.76. The van der Waals surface area contributed by atoms with Gasteiger partial charge in [0.25, 0.3) is 5.82 Å². The van der Waals surface area contributed by atoms with Crippen LogP contribution in [0.15, 0.2) is 47.6 Å². The van der Waals surface area contributed by atoms with Crippen LogP contribution in [0.2, 0.25) is 10.0 Å². The Morgan fingerprint density at radius 3 is 2.40 bits per heavy atom. The summed E-state index contributed by atoms with van der Waals surface area (Å²) in [4.78, 5) is 12.4. The molecule has 0 unspecified atom stereocenters. The first-order chi connectivity index (χ1) is 14.1. The molecule has 1 N–H and O–H groups in total. The summed E-state index contributed by atoms with van der Waals surface area (Å²) in [7, 11) is 0. The molecule has 2 aromatic carbocycles. The van der Waals surface area contributed by atoms with Gasteiger partial charge in [-0.15, -0.1) is 5.10 Å². The Balaban J connectivity index is 1.97. The molecule has 13 heteroatoms. The van der Waals surface area contributed by atoms with Crippen molar-refractivity contribution in [2.24, 2.45) is 5.10 Å². The SMILES string of the molecule is O=C(Nc1ccc(Cl)c(Cl)c1)n1nc(C(F)(F)F)n(/N=C/c2ccc(F)cc2)c1=S. The highest BCUT2D eigenvalue weighted by atomic mass is 35.5. The van der Waals surface area contributed by atoms with Gasteiger partial charge in [0.1, 0.15) is 5.82 Å². The van der Waals surface area contributed by atoms with Crippen molar-refractivity contribution in [3.63, 3.8) is 0 Å². The molecule has 1 amide bonds. The number of halogens is 6. The quantitative estimate of drug-likeness (QED) is 0.292. The van der Waals surface area contributed by atoms with Gasteiger partial charge in [0.2, 0.25) is 4.77 Å². The molecule has 0 radical (unpaired) electrons. The summed E-state index contributed by atoms with van der Waals surface area (Å²) in [5, 5.41) is 9.57. The summed E-state index contributed by atoms with van der Waals surface area (Å²) in [6, 6.07) is 7.85. The van der Waals surface area contributed by atoms with Gasteiger partial charge in [-0.1, -0.05) is 35.3 Å². The molecule has 0 fully saturated rings. The minimum atomic E-state index is -4.96. The van der Waals surface area contributed by atoms with Crippen LogP contribution in [0.25, 0.3) is 0 Å². The highest BCUT2D eigenvalue weighted by Gasteiger charge is 2.39. The summed E-state index contributed by atoms with van der Waals surface area (Å²) < 4.78 is 53.1. The fraction of sp³-hybridized carbons (Fsp3) is 0.0588. The first-order valence-electron chi connectivity index (χ1n) is 7.92. The standard InChI is InChI=1S/C17H9Cl2F4N5OS/c18-12-6-5-11(7-13(12)19)25-15(29)28-16(30)27(14(26-28)17(21,22)23)24-8-9-1-3-10(20)4-2-9/h1-8H,(H,25,29)/b24-8+. The molecular weight excluding hydrogens is 469 g/mol. The average molecular weight is 478 g/mol. The van der Waals surface area contributed by atoms with E-state index >= 15 is 0 Å². The lowest BCUT2D eigenvalue weighted by molar-refractivity contribution is -0.147.